The molecule has 166 valence electrons. The van der Waals surface area contributed by atoms with Crippen LogP contribution in [-0.2, 0) is 16.0 Å². The molecule has 1 unspecified atom stereocenters. The number of amides is 2. The maximum absolute atomic E-state index is 13.6. The van der Waals surface area contributed by atoms with Crippen molar-refractivity contribution in [2.24, 2.45) is 11.7 Å². The minimum Gasteiger partial charge on any atom is -0.368 e. The fraction of sp³-hybridized carbons (Fsp3) is 0.440. The lowest BCUT2D eigenvalue weighted by atomic mass is 9.90. The van der Waals surface area contributed by atoms with Crippen LogP contribution in [-0.4, -0.2) is 48.3 Å². The van der Waals surface area contributed by atoms with Gasteiger partial charge in [0, 0.05) is 13.1 Å². The van der Waals surface area contributed by atoms with Crippen LogP contribution in [0.2, 0.25) is 0 Å². The highest BCUT2D eigenvalue weighted by molar-refractivity contribution is 5.83. The molecule has 1 saturated heterocycles. The first-order chi connectivity index (χ1) is 14.8. The third-order valence-corrected chi connectivity index (χ3v) is 6.19. The van der Waals surface area contributed by atoms with Crippen molar-refractivity contribution in [1.82, 2.24) is 9.80 Å². The standard InChI is InChI=1S/C25H32FN3O2/c1-18-6-8-19(9-7-18)10-11-20-12-14-29(15-13-20)23(30)17-28(2)24(25(27)31)21-4-3-5-22(26)16-21/h3-9,16,20,24H,10-15,17H2,1-2H3,(H2,27,31). The number of nitrogens with two attached hydrogens (primary N) is 1. The van der Waals surface area contributed by atoms with Gasteiger partial charge in [0.15, 0.2) is 0 Å². The van der Waals surface area contributed by atoms with E-state index in [4.69, 9.17) is 5.73 Å². The molecule has 0 aliphatic carbocycles. The van der Waals surface area contributed by atoms with Gasteiger partial charge in [0.1, 0.15) is 11.9 Å². The van der Waals surface area contributed by atoms with Crippen molar-refractivity contribution in [2.75, 3.05) is 26.7 Å². The van der Waals surface area contributed by atoms with Crippen molar-refractivity contribution in [2.45, 2.75) is 38.6 Å². The molecule has 0 spiro atoms. The minimum atomic E-state index is -0.841. The van der Waals surface area contributed by atoms with Gasteiger partial charge in [-0.1, -0.05) is 42.0 Å². The van der Waals surface area contributed by atoms with Crippen LogP contribution in [0.3, 0.4) is 0 Å². The number of hydrogen-bond acceptors (Lipinski definition) is 3. The van der Waals surface area contributed by atoms with E-state index in [2.05, 4.69) is 31.2 Å². The van der Waals surface area contributed by atoms with E-state index >= 15 is 0 Å². The average Bonchev–Trinajstić information content (AvgIpc) is 2.73. The highest BCUT2D eigenvalue weighted by Crippen LogP contribution is 2.24. The second kappa shape index (κ2) is 10.5. The molecule has 0 aromatic heterocycles. The van der Waals surface area contributed by atoms with E-state index in [0.29, 0.717) is 11.5 Å². The lowest BCUT2D eigenvalue weighted by molar-refractivity contribution is -0.135. The summed E-state index contributed by atoms with van der Waals surface area (Å²) in [5, 5.41) is 0. The van der Waals surface area contributed by atoms with Crippen LogP contribution in [0.1, 0.15) is 42.0 Å². The number of nitrogens with zero attached hydrogens (tertiary/aromatic N) is 2. The Labute approximate surface area is 184 Å². The fourth-order valence-electron chi connectivity index (χ4n) is 4.31. The predicted octanol–water partition coefficient (Wildman–Crippen LogP) is 3.46. The molecule has 1 atom stereocenters. The largest absolute Gasteiger partial charge is 0.368 e. The Hall–Kier alpha value is -2.73. The van der Waals surface area contributed by atoms with Crippen molar-refractivity contribution >= 4 is 11.8 Å². The molecule has 0 radical (unpaired) electrons. The SMILES string of the molecule is Cc1ccc(CCC2CCN(C(=O)CN(C)C(C(N)=O)c3cccc(F)c3)CC2)cc1. The summed E-state index contributed by atoms with van der Waals surface area (Å²) >= 11 is 0. The van der Waals surface area contributed by atoms with E-state index in [-0.39, 0.29) is 12.5 Å². The number of benzene rings is 2. The maximum atomic E-state index is 13.6. The molecule has 2 aromatic carbocycles. The number of carbonyl (C=O) groups is 2. The number of likely N-dealkylation sites (tertiary alicyclic amines) is 1. The molecular weight excluding hydrogens is 393 g/mol. The molecule has 3 rings (SSSR count). The summed E-state index contributed by atoms with van der Waals surface area (Å²) in [6.45, 7) is 3.62. The first kappa shape index (κ1) is 22.9. The number of piperidine rings is 1. The smallest absolute Gasteiger partial charge is 0.239 e. The molecule has 1 fully saturated rings. The van der Waals surface area contributed by atoms with E-state index in [1.54, 1.807) is 18.0 Å². The van der Waals surface area contributed by atoms with E-state index in [1.807, 2.05) is 4.90 Å². The first-order valence-corrected chi connectivity index (χ1v) is 10.9. The molecule has 2 aromatic rings. The van der Waals surface area contributed by atoms with E-state index in [9.17, 15) is 14.0 Å². The number of carbonyl (C=O) groups excluding carboxylic acids is 2. The van der Waals surface area contributed by atoms with Crippen molar-refractivity contribution in [3.05, 3.63) is 71.0 Å². The molecule has 5 nitrogen and oxygen atoms in total. The zero-order chi connectivity index (χ0) is 22.4. The summed E-state index contributed by atoms with van der Waals surface area (Å²) in [4.78, 5) is 28.3. The van der Waals surface area contributed by atoms with Crippen molar-refractivity contribution in [3.63, 3.8) is 0 Å². The lowest BCUT2D eigenvalue weighted by Crippen LogP contribution is -2.46. The van der Waals surface area contributed by atoms with E-state index < -0.39 is 17.8 Å². The van der Waals surface area contributed by atoms with Crippen LogP contribution < -0.4 is 5.73 Å². The topological polar surface area (TPSA) is 66.6 Å². The van der Waals surface area contributed by atoms with Gasteiger partial charge in [0.05, 0.1) is 6.54 Å². The van der Waals surface area contributed by atoms with Crippen LogP contribution in [0.4, 0.5) is 4.39 Å². The molecule has 0 bridgehead atoms. The van der Waals surface area contributed by atoms with Gasteiger partial charge < -0.3 is 10.6 Å². The Morgan fingerprint density at radius 3 is 2.45 bits per heavy atom. The van der Waals surface area contributed by atoms with Gasteiger partial charge in [-0.25, -0.2) is 4.39 Å². The summed E-state index contributed by atoms with van der Waals surface area (Å²) in [5.41, 5.74) is 8.65. The normalized spacial score (nSPS) is 15.8. The molecule has 31 heavy (non-hydrogen) atoms. The zero-order valence-corrected chi connectivity index (χ0v) is 18.4. The number of likely N-dealkylation sites (N-methyl/N-ethyl adjacent to an activating group) is 1. The van der Waals surface area contributed by atoms with Gasteiger partial charge in [-0.05, 0) is 68.8 Å². The van der Waals surface area contributed by atoms with E-state index in [1.165, 1.54) is 29.3 Å². The Balaban J connectivity index is 1.49. The monoisotopic (exact) mass is 425 g/mol. The summed E-state index contributed by atoms with van der Waals surface area (Å²) < 4.78 is 13.6. The van der Waals surface area contributed by atoms with Crippen LogP contribution in [0.25, 0.3) is 0 Å². The molecule has 1 aliphatic heterocycles. The van der Waals surface area contributed by atoms with Gasteiger partial charge in [0.25, 0.3) is 0 Å². The van der Waals surface area contributed by atoms with Crippen molar-refractivity contribution in [1.29, 1.82) is 0 Å². The third kappa shape index (κ3) is 6.37. The Morgan fingerprint density at radius 1 is 1.16 bits per heavy atom. The van der Waals surface area contributed by atoms with Crippen molar-refractivity contribution in [3.8, 4) is 0 Å². The van der Waals surface area contributed by atoms with Crippen LogP contribution in [0, 0.1) is 18.7 Å². The quantitative estimate of drug-likeness (QED) is 0.704. The van der Waals surface area contributed by atoms with Gasteiger partial charge in [-0.3, -0.25) is 14.5 Å². The number of aryl methyl sites for hydroxylation is 2. The molecule has 2 N–H and O–H groups in total. The van der Waals surface area contributed by atoms with E-state index in [0.717, 1.165) is 38.8 Å². The minimum absolute atomic E-state index is 0.0258. The Morgan fingerprint density at radius 2 is 1.84 bits per heavy atom. The molecule has 6 heteroatoms. The molecule has 1 aliphatic rings. The number of halogens is 1. The average molecular weight is 426 g/mol. The second-order valence-corrected chi connectivity index (χ2v) is 8.62. The summed E-state index contributed by atoms with van der Waals surface area (Å²) in [6, 6.07) is 13.6. The highest BCUT2D eigenvalue weighted by atomic mass is 19.1. The molecule has 2 amide bonds. The molecule has 1 heterocycles. The molecule has 0 saturated carbocycles. The predicted molar refractivity (Wildman–Crippen MR) is 120 cm³/mol. The highest BCUT2D eigenvalue weighted by Gasteiger charge is 2.28. The van der Waals surface area contributed by atoms with Crippen LogP contribution in [0.5, 0.6) is 0 Å². The summed E-state index contributed by atoms with van der Waals surface area (Å²) in [7, 11) is 1.67. The summed E-state index contributed by atoms with van der Waals surface area (Å²) in [5.74, 6) is -0.442. The van der Waals surface area contributed by atoms with Gasteiger partial charge in [-0.15, -0.1) is 0 Å². The fourth-order valence-corrected chi connectivity index (χ4v) is 4.31. The van der Waals surface area contributed by atoms with Gasteiger partial charge in [0.2, 0.25) is 11.8 Å². The maximum Gasteiger partial charge on any atom is 0.239 e. The Bertz CT molecular complexity index is 892. The van der Waals surface area contributed by atoms with Crippen LogP contribution in [0.15, 0.2) is 48.5 Å². The number of primary amides is 1. The van der Waals surface area contributed by atoms with Crippen LogP contribution >= 0.6 is 0 Å². The molecular formula is C25H32FN3O2. The zero-order valence-electron chi connectivity index (χ0n) is 18.4. The number of rotatable bonds is 8. The number of hydrogen-bond donors (Lipinski definition) is 1. The second-order valence-electron chi connectivity index (χ2n) is 8.62. The van der Waals surface area contributed by atoms with Gasteiger partial charge in [-0.2, -0.15) is 0 Å². The lowest BCUT2D eigenvalue weighted by Gasteiger charge is -2.34. The summed E-state index contributed by atoms with van der Waals surface area (Å²) in [6.07, 6.45) is 4.18. The first-order valence-electron chi connectivity index (χ1n) is 10.9. The van der Waals surface area contributed by atoms with Gasteiger partial charge >= 0.3 is 0 Å². The van der Waals surface area contributed by atoms with Crippen molar-refractivity contribution < 1.29 is 14.0 Å². The Kier molecular flexibility index (Phi) is 7.80. The third-order valence-electron chi connectivity index (χ3n) is 6.19.